The van der Waals surface area contributed by atoms with Gasteiger partial charge in [-0.2, -0.15) is 0 Å². The van der Waals surface area contributed by atoms with E-state index in [1.807, 2.05) is 18.7 Å². The molecule has 1 aromatic carbocycles. The Bertz CT molecular complexity index is 556. The van der Waals surface area contributed by atoms with Crippen molar-refractivity contribution in [2.45, 2.75) is 45.7 Å². The van der Waals surface area contributed by atoms with E-state index < -0.39 is 6.04 Å². The molecule has 1 heterocycles. The van der Waals surface area contributed by atoms with Crippen LogP contribution in [0, 0.1) is 6.92 Å². The first-order valence-electron chi connectivity index (χ1n) is 7.37. The summed E-state index contributed by atoms with van der Waals surface area (Å²) in [5.74, 6) is -0.289. The number of anilines is 1. The predicted octanol–water partition coefficient (Wildman–Crippen LogP) is 1.71. The summed E-state index contributed by atoms with van der Waals surface area (Å²) in [5.41, 5.74) is 7.80. The van der Waals surface area contributed by atoms with Gasteiger partial charge in [-0.05, 0) is 51.3 Å². The van der Waals surface area contributed by atoms with E-state index >= 15 is 0 Å². The molecule has 0 aliphatic carbocycles. The molecule has 5 heteroatoms. The van der Waals surface area contributed by atoms with Crippen LogP contribution in [0.15, 0.2) is 18.2 Å². The van der Waals surface area contributed by atoms with Gasteiger partial charge < -0.3 is 16.0 Å². The van der Waals surface area contributed by atoms with E-state index in [0.29, 0.717) is 11.3 Å². The molecule has 0 spiro atoms. The van der Waals surface area contributed by atoms with Crippen molar-refractivity contribution >= 4 is 17.5 Å². The molecule has 1 aliphatic heterocycles. The van der Waals surface area contributed by atoms with Gasteiger partial charge in [0, 0.05) is 23.8 Å². The normalized spacial score (nSPS) is 19.4. The summed E-state index contributed by atoms with van der Waals surface area (Å²) in [6, 6.07) is 4.89. The van der Waals surface area contributed by atoms with Crippen LogP contribution in [0.3, 0.4) is 0 Å². The fourth-order valence-corrected chi connectivity index (χ4v) is 2.63. The van der Waals surface area contributed by atoms with Crippen molar-refractivity contribution in [3.8, 4) is 0 Å². The number of rotatable bonds is 3. The van der Waals surface area contributed by atoms with E-state index in [-0.39, 0.29) is 17.9 Å². The number of benzene rings is 1. The molecular formula is C16H23N3O2. The molecule has 21 heavy (non-hydrogen) atoms. The number of hydrogen-bond donors (Lipinski definition) is 2. The molecule has 2 amide bonds. The van der Waals surface area contributed by atoms with Crippen LogP contribution in [-0.4, -0.2) is 35.3 Å². The molecule has 1 unspecified atom stereocenters. The monoisotopic (exact) mass is 289 g/mol. The summed E-state index contributed by atoms with van der Waals surface area (Å²) in [6.45, 7) is 6.43. The molecule has 0 bridgehead atoms. The summed E-state index contributed by atoms with van der Waals surface area (Å²) in [4.78, 5) is 26.4. The van der Waals surface area contributed by atoms with E-state index in [9.17, 15) is 9.59 Å². The molecule has 0 radical (unpaired) electrons. The third-order valence-electron chi connectivity index (χ3n) is 4.10. The molecule has 5 nitrogen and oxygen atoms in total. The highest BCUT2D eigenvalue weighted by Crippen LogP contribution is 2.18. The Labute approximate surface area is 125 Å². The van der Waals surface area contributed by atoms with Crippen LogP contribution in [0.2, 0.25) is 0 Å². The second-order valence-electron chi connectivity index (χ2n) is 5.79. The highest BCUT2D eigenvalue weighted by atomic mass is 16.2. The maximum atomic E-state index is 12.3. The van der Waals surface area contributed by atoms with Crippen molar-refractivity contribution < 1.29 is 9.59 Å². The second kappa shape index (κ2) is 6.16. The number of amides is 2. The number of hydrogen-bond acceptors (Lipinski definition) is 3. The van der Waals surface area contributed by atoms with Gasteiger partial charge in [0.25, 0.3) is 5.91 Å². The number of likely N-dealkylation sites (tertiary alicyclic amines) is 1. The summed E-state index contributed by atoms with van der Waals surface area (Å²) >= 11 is 0. The number of nitrogens with two attached hydrogens (primary N) is 1. The Balaban J connectivity index is 2.01. The first-order valence-corrected chi connectivity index (χ1v) is 7.37. The van der Waals surface area contributed by atoms with Crippen molar-refractivity contribution in [2.24, 2.45) is 0 Å². The molecular weight excluding hydrogens is 266 g/mol. The number of aryl methyl sites for hydroxylation is 1. The van der Waals surface area contributed by atoms with Crippen LogP contribution in [0.4, 0.5) is 5.69 Å². The third kappa shape index (κ3) is 3.35. The van der Waals surface area contributed by atoms with Gasteiger partial charge in [-0.25, -0.2) is 0 Å². The van der Waals surface area contributed by atoms with Crippen molar-refractivity contribution in [1.29, 1.82) is 0 Å². The highest BCUT2D eigenvalue weighted by Gasteiger charge is 2.29. The molecule has 1 aromatic rings. The minimum atomic E-state index is -0.527. The fraction of sp³-hybridized carbons (Fsp3) is 0.500. The number of carbonyl (C=O) groups excluding carboxylic acids is 2. The van der Waals surface area contributed by atoms with Gasteiger partial charge >= 0.3 is 0 Å². The van der Waals surface area contributed by atoms with E-state index in [1.165, 1.54) is 0 Å². The topological polar surface area (TPSA) is 75.4 Å². The van der Waals surface area contributed by atoms with E-state index in [4.69, 9.17) is 5.73 Å². The lowest BCUT2D eigenvalue weighted by Crippen LogP contribution is -2.48. The SMILES string of the molecule is Cc1ccc(C(=O)NC(C)C(=O)N2CCC[C@H]2C)cc1N. The Kier molecular flexibility index (Phi) is 4.50. The number of carbonyl (C=O) groups is 2. The second-order valence-corrected chi connectivity index (χ2v) is 5.79. The molecule has 0 aromatic heterocycles. The minimum Gasteiger partial charge on any atom is -0.398 e. The molecule has 1 saturated heterocycles. The summed E-state index contributed by atoms with van der Waals surface area (Å²) < 4.78 is 0. The van der Waals surface area contributed by atoms with Crippen LogP contribution in [0.5, 0.6) is 0 Å². The smallest absolute Gasteiger partial charge is 0.251 e. The molecule has 1 aliphatic rings. The number of nitrogens with one attached hydrogen (secondary N) is 1. The van der Waals surface area contributed by atoms with E-state index in [1.54, 1.807) is 25.1 Å². The molecule has 0 saturated carbocycles. The van der Waals surface area contributed by atoms with Gasteiger partial charge in [-0.3, -0.25) is 9.59 Å². The average molecular weight is 289 g/mol. The molecule has 3 N–H and O–H groups in total. The Morgan fingerprint density at radius 2 is 2.14 bits per heavy atom. The summed E-state index contributed by atoms with van der Waals surface area (Å²) in [6.07, 6.45) is 2.06. The first-order chi connectivity index (χ1) is 9.90. The average Bonchev–Trinajstić information content (AvgIpc) is 2.87. The van der Waals surface area contributed by atoms with E-state index in [2.05, 4.69) is 5.32 Å². The van der Waals surface area contributed by atoms with Crippen molar-refractivity contribution in [2.75, 3.05) is 12.3 Å². The van der Waals surface area contributed by atoms with Crippen molar-refractivity contribution in [3.63, 3.8) is 0 Å². The minimum absolute atomic E-state index is 0.0200. The number of nitrogens with zero attached hydrogens (tertiary/aromatic N) is 1. The predicted molar refractivity (Wildman–Crippen MR) is 82.9 cm³/mol. The maximum absolute atomic E-state index is 12.3. The fourth-order valence-electron chi connectivity index (χ4n) is 2.63. The lowest BCUT2D eigenvalue weighted by Gasteiger charge is -2.25. The van der Waals surface area contributed by atoms with E-state index in [0.717, 1.165) is 24.9 Å². The zero-order valence-electron chi connectivity index (χ0n) is 12.8. The Morgan fingerprint density at radius 1 is 1.43 bits per heavy atom. The van der Waals surface area contributed by atoms with Gasteiger partial charge in [-0.15, -0.1) is 0 Å². The largest absolute Gasteiger partial charge is 0.398 e. The molecule has 1 fully saturated rings. The molecule has 2 atom stereocenters. The standard InChI is InChI=1S/C16H23N3O2/c1-10-6-7-13(9-14(10)17)15(20)18-12(3)16(21)19-8-4-5-11(19)2/h6-7,9,11-12H,4-5,8,17H2,1-3H3,(H,18,20)/t11-,12?/m1/s1. The summed E-state index contributed by atoms with van der Waals surface area (Å²) in [7, 11) is 0. The highest BCUT2D eigenvalue weighted by molar-refractivity contribution is 5.98. The van der Waals surface area contributed by atoms with Crippen LogP contribution in [0.1, 0.15) is 42.6 Å². The van der Waals surface area contributed by atoms with Crippen molar-refractivity contribution in [1.82, 2.24) is 10.2 Å². The van der Waals surface area contributed by atoms with Gasteiger partial charge in [-0.1, -0.05) is 6.07 Å². The summed E-state index contributed by atoms with van der Waals surface area (Å²) in [5, 5.41) is 2.75. The van der Waals surface area contributed by atoms with Crippen LogP contribution in [0.25, 0.3) is 0 Å². The quantitative estimate of drug-likeness (QED) is 0.832. The Hall–Kier alpha value is -2.04. The lowest BCUT2D eigenvalue weighted by molar-refractivity contribution is -0.133. The van der Waals surface area contributed by atoms with Gasteiger partial charge in [0.05, 0.1) is 0 Å². The maximum Gasteiger partial charge on any atom is 0.251 e. The van der Waals surface area contributed by atoms with Gasteiger partial charge in [0.15, 0.2) is 0 Å². The van der Waals surface area contributed by atoms with Crippen LogP contribution >= 0.6 is 0 Å². The molecule has 2 rings (SSSR count). The molecule has 114 valence electrons. The van der Waals surface area contributed by atoms with Crippen LogP contribution in [-0.2, 0) is 4.79 Å². The first kappa shape index (κ1) is 15.4. The van der Waals surface area contributed by atoms with Crippen molar-refractivity contribution in [3.05, 3.63) is 29.3 Å². The Morgan fingerprint density at radius 3 is 2.71 bits per heavy atom. The number of nitrogen functional groups attached to an aromatic ring is 1. The zero-order chi connectivity index (χ0) is 15.6. The van der Waals surface area contributed by atoms with Gasteiger partial charge in [0.1, 0.15) is 6.04 Å². The van der Waals surface area contributed by atoms with Crippen LogP contribution < -0.4 is 11.1 Å². The lowest BCUT2D eigenvalue weighted by atomic mass is 10.1. The zero-order valence-corrected chi connectivity index (χ0v) is 12.8. The third-order valence-corrected chi connectivity index (χ3v) is 4.10. The van der Waals surface area contributed by atoms with Gasteiger partial charge in [0.2, 0.25) is 5.91 Å².